The Labute approximate surface area is 171 Å². The van der Waals surface area contributed by atoms with E-state index in [1.807, 2.05) is 24.3 Å². The Kier molecular flexibility index (Phi) is 5.47. The van der Waals surface area contributed by atoms with E-state index in [2.05, 4.69) is 48.2 Å². The lowest BCUT2D eigenvalue weighted by Crippen LogP contribution is -2.17. The van der Waals surface area contributed by atoms with Crippen molar-refractivity contribution in [1.29, 1.82) is 0 Å². The summed E-state index contributed by atoms with van der Waals surface area (Å²) in [5.74, 6) is 0.804. The monoisotopic (exact) mass is 475 g/mol. The van der Waals surface area contributed by atoms with E-state index in [0.717, 1.165) is 27.7 Å². The Morgan fingerprint density at radius 1 is 1.00 bits per heavy atom. The van der Waals surface area contributed by atoms with Crippen LogP contribution in [0.4, 0.5) is 21.8 Å². The van der Waals surface area contributed by atoms with Crippen LogP contribution in [0.1, 0.15) is 25.7 Å². The molecule has 0 radical (unpaired) electrons. The molecule has 1 saturated carbocycles. The van der Waals surface area contributed by atoms with Gasteiger partial charge in [-0.2, -0.15) is 4.98 Å². The predicted octanol–water partition coefficient (Wildman–Crippen LogP) is 5.38. The fourth-order valence-electron chi connectivity index (χ4n) is 3.23. The first-order valence-electron chi connectivity index (χ1n) is 8.95. The maximum atomic E-state index is 14.3. The second-order valence-electron chi connectivity index (χ2n) is 6.57. The van der Waals surface area contributed by atoms with Gasteiger partial charge < -0.3 is 10.6 Å². The van der Waals surface area contributed by atoms with Gasteiger partial charge >= 0.3 is 0 Å². The molecule has 4 rings (SSSR count). The standard InChI is InChI=1S/C20H19FIN5/c21-16-11-14(22)5-6-17(16)25-19-12-18(13-7-9-23-10-8-13)26-20(27-19)24-15-3-1-2-4-15/h5-12,15H,1-4H2,(H2,24,25,26,27). The van der Waals surface area contributed by atoms with Crippen molar-refractivity contribution >= 4 is 40.0 Å². The first-order valence-corrected chi connectivity index (χ1v) is 10.0. The van der Waals surface area contributed by atoms with E-state index >= 15 is 0 Å². The van der Waals surface area contributed by atoms with E-state index in [1.165, 1.54) is 18.9 Å². The molecule has 1 aromatic carbocycles. The summed E-state index contributed by atoms with van der Waals surface area (Å²) in [5.41, 5.74) is 2.09. The average Bonchev–Trinajstić information content (AvgIpc) is 3.18. The Morgan fingerprint density at radius 2 is 1.78 bits per heavy atom. The van der Waals surface area contributed by atoms with Gasteiger partial charge in [0.05, 0.1) is 11.4 Å². The number of aromatic nitrogens is 3. The van der Waals surface area contributed by atoms with E-state index in [4.69, 9.17) is 0 Å². The van der Waals surface area contributed by atoms with Crippen molar-refractivity contribution in [2.24, 2.45) is 0 Å². The van der Waals surface area contributed by atoms with Crippen molar-refractivity contribution < 1.29 is 4.39 Å². The molecule has 0 amide bonds. The summed E-state index contributed by atoms with van der Waals surface area (Å²) in [6, 6.07) is 11.1. The number of rotatable bonds is 5. The summed E-state index contributed by atoms with van der Waals surface area (Å²) in [7, 11) is 0. The SMILES string of the molecule is Fc1cc(I)ccc1Nc1cc(-c2ccncc2)nc(NC2CCCC2)n1. The van der Waals surface area contributed by atoms with Gasteiger partial charge in [0.15, 0.2) is 0 Å². The average molecular weight is 475 g/mol. The van der Waals surface area contributed by atoms with Crippen molar-refractivity contribution in [2.75, 3.05) is 10.6 Å². The summed E-state index contributed by atoms with van der Waals surface area (Å²) in [4.78, 5) is 13.3. The van der Waals surface area contributed by atoms with Crippen molar-refractivity contribution in [3.8, 4) is 11.3 Å². The zero-order valence-electron chi connectivity index (χ0n) is 14.6. The Bertz CT molecular complexity index is 929. The Morgan fingerprint density at radius 3 is 2.52 bits per heavy atom. The third-order valence-corrected chi connectivity index (χ3v) is 5.26. The first kappa shape index (κ1) is 18.1. The summed E-state index contributed by atoms with van der Waals surface area (Å²) in [6.45, 7) is 0. The highest BCUT2D eigenvalue weighted by atomic mass is 127. The molecule has 0 saturated heterocycles. The van der Waals surface area contributed by atoms with Gasteiger partial charge in [0.1, 0.15) is 11.6 Å². The van der Waals surface area contributed by atoms with Crippen LogP contribution in [0.3, 0.4) is 0 Å². The summed E-state index contributed by atoms with van der Waals surface area (Å²) in [6.07, 6.45) is 8.15. The maximum Gasteiger partial charge on any atom is 0.225 e. The third-order valence-electron chi connectivity index (χ3n) is 4.58. The fraction of sp³-hybridized carbons (Fsp3) is 0.250. The molecule has 2 heterocycles. The molecule has 2 N–H and O–H groups in total. The molecular weight excluding hydrogens is 456 g/mol. The van der Waals surface area contributed by atoms with Crippen LogP contribution in [0.25, 0.3) is 11.3 Å². The highest BCUT2D eigenvalue weighted by molar-refractivity contribution is 14.1. The molecule has 1 fully saturated rings. The second kappa shape index (κ2) is 8.16. The fourth-order valence-corrected chi connectivity index (χ4v) is 3.68. The molecule has 1 aliphatic carbocycles. The van der Waals surface area contributed by atoms with Crippen LogP contribution in [-0.4, -0.2) is 21.0 Å². The minimum Gasteiger partial charge on any atom is -0.351 e. The van der Waals surface area contributed by atoms with Crippen LogP contribution in [-0.2, 0) is 0 Å². The maximum absolute atomic E-state index is 14.3. The number of nitrogens with zero attached hydrogens (tertiary/aromatic N) is 3. The number of hydrogen-bond donors (Lipinski definition) is 2. The number of anilines is 3. The lowest BCUT2D eigenvalue weighted by molar-refractivity contribution is 0.631. The molecule has 5 nitrogen and oxygen atoms in total. The Balaban J connectivity index is 1.68. The number of benzene rings is 1. The molecule has 2 aromatic heterocycles. The molecule has 138 valence electrons. The molecule has 27 heavy (non-hydrogen) atoms. The van der Waals surface area contributed by atoms with Crippen LogP contribution in [0.5, 0.6) is 0 Å². The Hall–Kier alpha value is -2.29. The van der Waals surface area contributed by atoms with Crippen molar-refractivity contribution in [1.82, 2.24) is 15.0 Å². The molecule has 1 aliphatic rings. The first-order chi connectivity index (χ1) is 13.2. The zero-order chi connectivity index (χ0) is 18.6. The summed E-state index contributed by atoms with van der Waals surface area (Å²) in [5, 5.41) is 6.52. The smallest absolute Gasteiger partial charge is 0.225 e. The highest BCUT2D eigenvalue weighted by Gasteiger charge is 2.17. The van der Waals surface area contributed by atoms with Gasteiger partial charge in [0.2, 0.25) is 5.95 Å². The van der Waals surface area contributed by atoms with Gasteiger partial charge in [-0.05, 0) is 65.8 Å². The second-order valence-corrected chi connectivity index (χ2v) is 7.82. The van der Waals surface area contributed by atoms with Crippen LogP contribution < -0.4 is 10.6 Å². The lowest BCUT2D eigenvalue weighted by atomic mass is 10.2. The summed E-state index contributed by atoms with van der Waals surface area (Å²) < 4.78 is 15.1. The minimum atomic E-state index is -0.309. The van der Waals surface area contributed by atoms with E-state index in [0.29, 0.717) is 23.5 Å². The predicted molar refractivity (Wildman–Crippen MR) is 114 cm³/mol. The lowest BCUT2D eigenvalue weighted by Gasteiger charge is -2.15. The van der Waals surface area contributed by atoms with Gasteiger partial charge in [-0.15, -0.1) is 0 Å². The quantitative estimate of drug-likeness (QED) is 0.486. The van der Waals surface area contributed by atoms with E-state index in [1.54, 1.807) is 18.5 Å². The number of nitrogens with one attached hydrogen (secondary N) is 2. The van der Waals surface area contributed by atoms with E-state index < -0.39 is 0 Å². The third kappa shape index (κ3) is 4.52. The van der Waals surface area contributed by atoms with Gasteiger partial charge in [0.25, 0.3) is 0 Å². The highest BCUT2D eigenvalue weighted by Crippen LogP contribution is 2.27. The molecule has 7 heteroatoms. The summed E-state index contributed by atoms with van der Waals surface area (Å²) >= 11 is 2.09. The largest absolute Gasteiger partial charge is 0.351 e. The molecular formula is C20H19FIN5. The van der Waals surface area contributed by atoms with Crippen LogP contribution in [0.2, 0.25) is 0 Å². The number of pyridine rings is 1. The molecule has 0 unspecified atom stereocenters. The van der Waals surface area contributed by atoms with E-state index in [-0.39, 0.29) is 5.82 Å². The van der Waals surface area contributed by atoms with Gasteiger partial charge in [-0.3, -0.25) is 4.98 Å². The number of hydrogen-bond acceptors (Lipinski definition) is 5. The van der Waals surface area contributed by atoms with Crippen molar-refractivity contribution in [3.05, 3.63) is 58.2 Å². The van der Waals surface area contributed by atoms with Gasteiger partial charge in [-0.1, -0.05) is 12.8 Å². The molecule has 3 aromatic rings. The number of halogens is 2. The van der Waals surface area contributed by atoms with Crippen molar-refractivity contribution in [3.63, 3.8) is 0 Å². The van der Waals surface area contributed by atoms with Gasteiger partial charge in [0, 0.05) is 33.6 Å². The van der Waals surface area contributed by atoms with Crippen molar-refractivity contribution in [2.45, 2.75) is 31.7 Å². The van der Waals surface area contributed by atoms with E-state index in [9.17, 15) is 4.39 Å². The van der Waals surface area contributed by atoms with Crippen LogP contribution in [0.15, 0.2) is 48.8 Å². The molecule has 0 aliphatic heterocycles. The topological polar surface area (TPSA) is 62.7 Å². The van der Waals surface area contributed by atoms with Gasteiger partial charge in [-0.25, -0.2) is 9.37 Å². The van der Waals surface area contributed by atoms with Crippen LogP contribution >= 0.6 is 22.6 Å². The molecule has 0 spiro atoms. The normalized spacial score (nSPS) is 14.3. The zero-order valence-corrected chi connectivity index (χ0v) is 16.8. The molecule has 0 bridgehead atoms. The minimum absolute atomic E-state index is 0.309. The molecule has 0 atom stereocenters. The van der Waals surface area contributed by atoms with Crippen LogP contribution in [0, 0.1) is 9.39 Å².